The van der Waals surface area contributed by atoms with Gasteiger partial charge in [0.05, 0.1) is 12.0 Å². The molecule has 1 unspecified atom stereocenters. The summed E-state index contributed by atoms with van der Waals surface area (Å²) in [5, 5.41) is 1.20. The van der Waals surface area contributed by atoms with Crippen molar-refractivity contribution < 1.29 is 4.79 Å². The minimum absolute atomic E-state index is 0.0850. The number of ketones is 1. The number of rotatable bonds is 12. The molecule has 0 spiro atoms. The van der Waals surface area contributed by atoms with Gasteiger partial charge in [-0.3, -0.25) is 4.79 Å². The van der Waals surface area contributed by atoms with Crippen LogP contribution in [0.1, 0.15) is 60.4 Å². The van der Waals surface area contributed by atoms with E-state index in [0.29, 0.717) is 18.6 Å². The van der Waals surface area contributed by atoms with E-state index in [0.717, 1.165) is 31.7 Å². The number of imidazole rings is 1. The van der Waals surface area contributed by atoms with Crippen molar-refractivity contribution in [2.24, 2.45) is 0 Å². The Bertz CT molecular complexity index is 1530. The fraction of sp³-hybridized carbons (Fsp3) is 0.314. The maximum absolute atomic E-state index is 13.4. The monoisotopic (exact) mass is 530 g/mol. The quantitative estimate of drug-likeness (QED) is 0.176. The van der Waals surface area contributed by atoms with Crippen molar-refractivity contribution in [3.63, 3.8) is 0 Å². The summed E-state index contributed by atoms with van der Waals surface area (Å²) in [5.74, 6) is 0.236. The van der Waals surface area contributed by atoms with E-state index in [9.17, 15) is 4.79 Å². The smallest absolute Gasteiger partial charge is 0.133 e. The van der Waals surface area contributed by atoms with Crippen LogP contribution >= 0.6 is 0 Å². The topological polar surface area (TPSA) is 43.1 Å². The summed E-state index contributed by atoms with van der Waals surface area (Å²) in [7, 11) is 0. The lowest BCUT2D eigenvalue weighted by Gasteiger charge is -2.16. The molecule has 0 amide bonds. The number of nitrogens with zero attached hydrogens (tertiary/aromatic N) is 4. The molecule has 0 saturated carbocycles. The van der Waals surface area contributed by atoms with Crippen molar-refractivity contribution >= 4 is 16.7 Å². The molecule has 2 aromatic heterocycles. The zero-order chi connectivity index (χ0) is 27.1. The molecule has 5 nitrogen and oxygen atoms in total. The lowest BCUT2D eigenvalue weighted by molar-refractivity contribution is -0.119. The second-order valence-electron chi connectivity index (χ2n) is 11.1. The molecule has 1 fully saturated rings. The van der Waals surface area contributed by atoms with Gasteiger partial charge in [-0.2, -0.15) is 0 Å². The van der Waals surface area contributed by atoms with Crippen molar-refractivity contribution in [2.45, 2.75) is 51.1 Å². The van der Waals surface area contributed by atoms with Crippen LogP contribution in [-0.4, -0.2) is 44.4 Å². The van der Waals surface area contributed by atoms with E-state index < -0.39 is 0 Å². The molecule has 1 aliphatic rings. The predicted octanol–water partition coefficient (Wildman–Crippen LogP) is 6.90. The molecule has 0 radical (unpaired) electrons. The second-order valence-corrected chi connectivity index (χ2v) is 11.1. The molecule has 204 valence electrons. The number of carbonyl (C=O) groups is 1. The Morgan fingerprint density at radius 2 is 1.48 bits per heavy atom. The molecule has 3 heterocycles. The molecule has 40 heavy (non-hydrogen) atoms. The van der Waals surface area contributed by atoms with E-state index in [1.165, 1.54) is 53.5 Å². The van der Waals surface area contributed by atoms with E-state index in [1.807, 2.05) is 12.4 Å². The fourth-order valence-corrected chi connectivity index (χ4v) is 6.11. The van der Waals surface area contributed by atoms with E-state index >= 15 is 0 Å². The number of hydrogen-bond donors (Lipinski definition) is 0. The summed E-state index contributed by atoms with van der Waals surface area (Å²) in [6.45, 7) is 4.94. The van der Waals surface area contributed by atoms with Crippen molar-refractivity contribution in [3.05, 3.63) is 126 Å². The first kappa shape index (κ1) is 26.3. The van der Waals surface area contributed by atoms with E-state index in [1.54, 1.807) is 0 Å². The summed E-state index contributed by atoms with van der Waals surface area (Å²) >= 11 is 0. The van der Waals surface area contributed by atoms with E-state index in [2.05, 4.69) is 105 Å². The highest BCUT2D eigenvalue weighted by Gasteiger charge is 2.25. The number of benzene rings is 3. The van der Waals surface area contributed by atoms with Gasteiger partial charge in [0.2, 0.25) is 0 Å². The van der Waals surface area contributed by atoms with Crippen LogP contribution < -0.4 is 0 Å². The molecule has 5 heteroatoms. The third-order valence-corrected chi connectivity index (χ3v) is 8.17. The Labute approximate surface area is 237 Å². The van der Waals surface area contributed by atoms with Crippen LogP contribution in [0, 0.1) is 0 Å². The van der Waals surface area contributed by atoms with Crippen molar-refractivity contribution in [1.82, 2.24) is 19.0 Å². The van der Waals surface area contributed by atoms with Crippen LogP contribution in [0.4, 0.5) is 0 Å². The molecule has 5 aromatic rings. The Hall–Kier alpha value is -3.96. The molecule has 0 bridgehead atoms. The van der Waals surface area contributed by atoms with Crippen LogP contribution in [0.3, 0.4) is 0 Å². The molecule has 3 aromatic carbocycles. The average molecular weight is 531 g/mol. The van der Waals surface area contributed by atoms with E-state index in [4.69, 9.17) is 4.98 Å². The minimum Gasteiger partial charge on any atom is -0.343 e. The molecular weight excluding hydrogens is 492 g/mol. The first-order valence-corrected chi connectivity index (χ1v) is 14.6. The Morgan fingerprint density at radius 3 is 2.23 bits per heavy atom. The van der Waals surface area contributed by atoms with Crippen molar-refractivity contribution in [2.75, 3.05) is 19.6 Å². The van der Waals surface area contributed by atoms with Gasteiger partial charge in [0.1, 0.15) is 5.78 Å². The average Bonchev–Trinajstić information content (AvgIpc) is 3.75. The molecule has 0 N–H and O–H groups in total. The molecule has 0 aliphatic carbocycles. The number of para-hydroxylation sites is 1. The standard InChI is InChI=1S/C35H38N4O/c40-30(16-11-21-37-19-9-10-20-37)22-32(34-26-38(27-36-34)23-28-12-3-1-4-13-28)33-25-39(24-29-14-5-2-6-15-29)35-18-8-7-17-31(33)35/h1-8,12-15,17-18,25-27,32H,9-11,16,19-24H2. The lowest BCUT2D eigenvalue weighted by atomic mass is 9.89. The largest absolute Gasteiger partial charge is 0.343 e. The Kier molecular flexibility index (Phi) is 8.20. The predicted molar refractivity (Wildman–Crippen MR) is 162 cm³/mol. The Balaban J connectivity index is 1.29. The molecule has 6 rings (SSSR count). The number of fused-ring (bicyclic) bond motifs is 1. The van der Waals surface area contributed by atoms with Gasteiger partial charge in [-0.15, -0.1) is 0 Å². The summed E-state index contributed by atoms with van der Waals surface area (Å²) in [6.07, 6.45) is 10.9. The lowest BCUT2D eigenvalue weighted by Crippen LogP contribution is -2.21. The highest BCUT2D eigenvalue weighted by molar-refractivity contribution is 5.87. The second kappa shape index (κ2) is 12.5. The number of aromatic nitrogens is 3. The van der Waals surface area contributed by atoms with E-state index in [-0.39, 0.29) is 5.92 Å². The first-order valence-electron chi connectivity index (χ1n) is 14.6. The number of carbonyl (C=O) groups excluding carboxylic acids is 1. The normalized spacial score (nSPS) is 14.6. The van der Waals surface area contributed by atoms with Gasteiger partial charge in [0, 0.05) is 55.1 Å². The highest BCUT2D eigenvalue weighted by atomic mass is 16.1. The number of likely N-dealkylation sites (tertiary alicyclic amines) is 1. The summed E-state index contributed by atoms with van der Waals surface area (Å²) < 4.78 is 4.46. The summed E-state index contributed by atoms with van der Waals surface area (Å²) in [5.41, 5.74) is 5.84. The minimum atomic E-state index is -0.0850. The zero-order valence-electron chi connectivity index (χ0n) is 23.2. The summed E-state index contributed by atoms with van der Waals surface area (Å²) in [4.78, 5) is 20.8. The van der Waals surface area contributed by atoms with Gasteiger partial charge >= 0.3 is 0 Å². The van der Waals surface area contributed by atoms with Gasteiger partial charge in [0.15, 0.2) is 0 Å². The molecular formula is C35H38N4O. The SMILES string of the molecule is O=C(CCCN1CCCC1)CC(c1cn(Cc2ccccc2)cn1)c1cn(Cc2ccccc2)c2ccccc12. The Morgan fingerprint density at radius 1 is 0.800 bits per heavy atom. The third-order valence-electron chi connectivity index (χ3n) is 8.17. The number of hydrogen-bond acceptors (Lipinski definition) is 3. The van der Waals surface area contributed by atoms with Gasteiger partial charge in [-0.25, -0.2) is 4.98 Å². The van der Waals surface area contributed by atoms with Crippen molar-refractivity contribution in [3.8, 4) is 0 Å². The molecule has 1 saturated heterocycles. The summed E-state index contributed by atoms with van der Waals surface area (Å²) in [6, 6.07) is 29.6. The van der Waals surface area contributed by atoms with Crippen molar-refractivity contribution in [1.29, 1.82) is 0 Å². The fourth-order valence-electron chi connectivity index (χ4n) is 6.11. The number of Topliss-reactive ketones (excluding diaryl/α,β-unsaturated/α-hetero) is 1. The third kappa shape index (κ3) is 6.26. The van der Waals surface area contributed by atoms with Gasteiger partial charge in [-0.05, 0) is 61.7 Å². The zero-order valence-corrected chi connectivity index (χ0v) is 23.2. The van der Waals surface area contributed by atoms with Crippen LogP contribution in [0.5, 0.6) is 0 Å². The molecule has 1 atom stereocenters. The maximum atomic E-state index is 13.4. The van der Waals surface area contributed by atoms with Crippen LogP contribution in [-0.2, 0) is 17.9 Å². The maximum Gasteiger partial charge on any atom is 0.133 e. The van der Waals surface area contributed by atoms with Gasteiger partial charge < -0.3 is 14.0 Å². The van der Waals surface area contributed by atoms with Gasteiger partial charge in [0.25, 0.3) is 0 Å². The van der Waals surface area contributed by atoms with Gasteiger partial charge in [-0.1, -0.05) is 78.9 Å². The highest BCUT2D eigenvalue weighted by Crippen LogP contribution is 2.35. The van der Waals surface area contributed by atoms with Crippen LogP contribution in [0.2, 0.25) is 0 Å². The van der Waals surface area contributed by atoms with Crippen LogP contribution in [0.25, 0.3) is 10.9 Å². The van der Waals surface area contributed by atoms with Crippen LogP contribution in [0.15, 0.2) is 104 Å². The molecule has 1 aliphatic heterocycles. The first-order chi connectivity index (χ1) is 19.7.